The van der Waals surface area contributed by atoms with Crippen LogP contribution in [-0.2, 0) is 0 Å². The Balaban J connectivity index is 2.07. The van der Waals surface area contributed by atoms with Crippen LogP contribution in [0.25, 0.3) is 0 Å². The van der Waals surface area contributed by atoms with Crippen LogP contribution in [0, 0.1) is 29.1 Å². The molecule has 0 aromatic heterocycles. The smallest absolute Gasteiger partial charge is 0.0662 e. The van der Waals surface area contributed by atoms with Crippen LogP contribution < -0.4 is 0 Å². The molecule has 1 heterocycles. The zero-order valence-corrected chi connectivity index (χ0v) is 8.53. The summed E-state index contributed by atoms with van der Waals surface area (Å²) in [5.74, 6) is 1.72. The average Bonchev–Trinajstić information content (AvgIpc) is 2.34. The van der Waals surface area contributed by atoms with Gasteiger partial charge in [-0.15, -0.1) is 0 Å². The SMILES string of the molecule is CC(C)N1CC2CCC(C1)C2C#N. The molecule has 0 radical (unpaired) electrons. The third kappa shape index (κ3) is 1.46. The first-order valence-corrected chi connectivity index (χ1v) is 5.36. The predicted octanol–water partition coefficient (Wildman–Crippen LogP) is 1.88. The van der Waals surface area contributed by atoms with Crippen molar-refractivity contribution >= 4 is 0 Å². The van der Waals surface area contributed by atoms with E-state index in [2.05, 4.69) is 24.8 Å². The van der Waals surface area contributed by atoms with E-state index < -0.39 is 0 Å². The van der Waals surface area contributed by atoms with Gasteiger partial charge in [0.1, 0.15) is 0 Å². The standard InChI is InChI=1S/C11H18N2/c1-8(2)13-6-9-3-4-10(7-13)11(9)5-12/h8-11H,3-4,6-7H2,1-2H3. The minimum absolute atomic E-state index is 0.370. The second-order valence-corrected chi connectivity index (χ2v) is 4.80. The van der Waals surface area contributed by atoms with Crippen molar-refractivity contribution in [2.24, 2.45) is 17.8 Å². The maximum absolute atomic E-state index is 9.03. The van der Waals surface area contributed by atoms with Gasteiger partial charge in [0.05, 0.1) is 12.0 Å². The maximum Gasteiger partial charge on any atom is 0.0662 e. The van der Waals surface area contributed by atoms with Crippen molar-refractivity contribution in [2.75, 3.05) is 13.1 Å². The molecular formula is C11H18N2. The Hall–Kier alpha value is -0.550. The van der Waals surface area contributed by atoms with E-state index in [9.17, 15) is 0 Å². The summed E-state index contributed by atoms with van der Waals surface area (Å²) >= 11 is 0. The Labute approximate surface area is 80.5 Å². The van der Waals surface area contributed by atoms with Crippen molar-refractivity contribution in [2.45, 2.75) is 32.7 Å². The molecule has 1 aliphatic carbocycles. The molecule has 0 N–H and O–H groups in total. The van der Waals surface area contributed by atoms with Gasteiger partial charge < -0.3 is 4.90 Å². The molecule has 2 nitrogen and oxygen atoms in total. The molecule has 2 heteroatoms. The molecule has 0 spiro atoms. The fraction of sp³-hybridized carbons (Fsp3) is 0.909. The largest absolute Gasteiger partial charge is 0.300 e. The lowest BCUT2D eigenvalue weighted by molar-refractivity contribution is 0.107. The fourth-order valence-electron chi connectivity index (χ4n) is 2.89. The van der Waals surface area contributed by atoms with Crippen molar-refractivity contribution in [3.8, 4) is 6.07 Å². The van der Waals surface area contributed by atoms with Crippen LogP contribution in [0.4, 0.5) is 0 Å². The highest BCUT2D eigenvalue weighted by atomic mass is 15.2. The minimum Gasteiger partial charge on any atom is -0.300 e. The van der Waals surface area contributed by atoms with E-state index in [0.717, 1.165) is 13.1 Å². The number of nitrogens with zero attached hydrogens (tertiary/aromatic N) is 2. The normalized spacial score (nSPS) is 39.4. The number of hydrogen-bond donors (Lipinski definition) is 0. The first-order valence-electron chi connectivity index (χ1n) is 5.36. The molecule has 2 fully saturated rings. The van der Waals surface area contributed by atoms with Gasteiger partial charge >= 0.3 is 0 Å². The van der Waals surface area contributed by atoms with Crippen molar-refractivity contribution in [1.29, 1.82) is 5.26 Å². The molecule has 0 aromatic carbocycles. The van der Waals surface area contributed by atoms with E-state index in [1.165, 1.54) is 12.8 Å². The van der Waals surface area contributed by atoms with Gasteiger partial charge in [0.2, 0.25) is 0 Å². The molecule has 13 heavy (non-hydrogen) atoms. The number of rotatable bonds is 1. The topological polar surface area (TPSA) is 27.0 Å². The summed E-state index contributed by atoms with van der Waals surface area (Å²) in [6, 6.07) is 3.15. The highest BCUT2D eigenvalue weighted by molar-refractivity contribution is 5.02. The first-order chi connectivity index (χ1) is 6.22. The van der Waals surface area contributed by atoms with E-state index in [1.807, 2.05) is 0 Å². The fourth-order valence-corrected chi connectivity index (χ4v) is 2.89. The minimum atomic E-state index is 0.370. The van der Waals surface area contributed by atoms with E-state index in [4.69, 9.17) is 5.26 Å². The van der Waals surface area contributed by atoms with E-state index >= 15 is 0 Å². The Morgan fingerprint density at radius 1 is 1.23 bits per heavy atom. The molecular weight excluding hydrogens is 160 g/mol. The lowest BCUT2D eigenvalue weighted by Crippen LogP contribution is -2.44. The average molecular weight is 178 g/mol. The Bertz CT molecular complexity index is 215. The third-order valence-corrected chi connectivity index (χ3v) is 3.74. The number of piperidine rings is 1. The van der Waals surface area contributed by atoms with Crippen molar-refractivity contribution < 1.29 is 0 Å². The summed E-state index contributed by atoms with van der Waals surface area (Å²) in [5.41, 5.74) is 0. The number of likely N-dealkylation sites (tertiary alicyclic amines) is 1. The highest BCUT2D eigenvalue weighted by Crippen LogP contribution is 2.41. The van der Waals surface area contributed by atoms with Crippen molar-refractivity contribution in [3.05, 3.63) is 0 Å². The number of nitriles is 1. The zero-order valence-electron chi connectivity index (χ0n) is 8.53. The van der Waals surface area contributed by atoms with Crippen LogP contribution in [0.3, 0.4) is 0 Å². The quantitative estimate of drug-likeness (QED) is 0.613. The number of fused-ring (bicyclic) bond motifs is 2. The summed E-state index contributed by atoms with van der Waals surface area (Å²) in [7, 11) is 0. The maximum atomic E-state index is 9.03. The summed E-state index contributed by atoms with van der Waals surface area (Å²) in [5, 5.41) is 9.03. The molecule has 2 atom stereocenters. The highest BCUT2D eigenvalue weighted by Gasteiger charge is 2.42. The summed E-state index contributed by atoms with van der Waals surface area (Å²) < 4.78 is 0. The third-order valence-electron chi connectivity index (χ3n) is 3.74. The monoisotopic (exact) mass is 178 g/mol. The van der Waals surface area contributed by atoms with Crippen LogP contribution in [0.15, 0.2) is 0 Å². The summed E-state index contributed by atoms with van der Waals surface area (Å²) in [4.78, 5) is 2.54. The van der Waals surface area contributed by atoms with Gasteiger partial charge in [-0.25, -0.2) is 0 Å². The van der Waals surface area contributed by atoms with Gasteiger partial charge in [0.15, 0.2) is 0 Å². The van der Waals surface area contributed by atoms with Gasteiger partial charge in [0, 0.05) is 19.1 Å². The second-order valence-electron chi connectivity index (χ2n) is 4.80. The van der Waals surface area contributed by atoms with Gasteiger partial charge in [-0.1, -0.05) is 0 Å². The molecule has 2 unspecified atom stereocenters. The summed E-state index contributed by atoms with van der Waals surface area (Å²) in [6.07, 6.45) is 2.57. The molecule has 2 aliphatic rings. The van der Waals surface area contributed by atoms with Crippen LogP contribution in [0.2, 0.25) is 0 Å². The van der Waals surface area contributed by atoms with Crippen molar-refractivity contribution in [3.63, 3.8) is 0 Å². The molecule has 1 aliphatic heterocycles. The van der Waals surface area contributed by atoms with Gasteiger partial charge in [-0.3, -0.25) is 0 Å². The Kier molecular flexibility index (Phi) is 2.29. The molecule has 2 bridgehead atoms. The lowest BCUT2D eigenvalue weighted by Gasteiger charge is -2.37. The Morgan fingerprint density at radius 2 is 1.77 bits per heavy atom. The summed E-state index contributed by atoms with van der Waals surface area (Å²) in [6.45, 7) is 6.83. The predicted molar refractivity (Wildman–Crippen MR) is 52.0 cm³/mol. The van der Waals surface area contributed by atoms with Gasteiger partial charge in [-0.2, -0.15) is 5.26 Å². The first kappa shape index (κ1) is 9.02. The van der Waals surface area contributed by atoms with Crippen LogP contribution >= 0.6 is 0 Å². The number of hydrogen-bond acceptors (Lipinski definition) is 2. The molecule has 72 valence electrons. The Morgan fingerprint density at radius 3 is 2.15 bits per heavy atom. The molecule has 1 saturated carbocycles. The molecule has 1 saturated heterocycles. The molecule has 0 aromatic rings. The van der Waals surface area contributed by atoms with E-state index in [1.54, 1.807) is 0 Å². The van der Waals surface area contributed by atoms with Crippen LogP contribution in [0.5, 0.6) is 0 Å². The van der Waals surface area contributed by atoms with Crippen LogP contribution in [-0.4, -0.2) is 24.0 Å². The van der Waals surface area contributed by atoms with Crippen molar-refractivity contribution in [1.82, 2.24) is 4.90 Å². The molecule has 0 amide bonds. The van der Waals surface area contributed by atoms with Gasteiger partial charge in [0.25, 0.3) is 0 Å². The lowest BCUT2D eigenvalue weighted by atomic mass is 9.86. The van der Waals surface area contributed by atoms with Crippen LogP contribution in [0.1, 0.15) is 26.7 Å². The zero-order chi connectivity index (χ0) is 9.42. The molecule has 2 rings (SSSR count). The van der Waals surface area contributed by atoms with E-state index in [-0.39, 0.29) is 0 Å². The second kappa shape index (κ2) is 3.31. The van der Waals surface area contributed by atoms with Gasteiger partial charge in [-0.05, 0) is 38.5 Å². The van der Waals surface area contributed by atoms with E-state index in [0.29, 0.717) is 23.8 Å².